The molecule has 0 unspecified atom stereocenters. The zero-order chi connectivity index (χ0) is 12.4. The van der Waals surface area contributed by atoms with Gasteiger partial charge in [0.25, 0.3) is 0 Å². The summed E-state index contributed by atoms with van der Waals surface area (Å²) in [6, 6.07) is 2.07. The first-order valence-electron chi connectivity index (χ1n) is 5.10. The predicted molar refractivity (Wildman–Crippen MR) is 59.1 cm³/mol. The fourth-order valence-corrected chi connectivity index (χ4v) is 1.85. The van der Waals surface area contributed by atoms with E-state index in [1.54, 1.807) is 0 Å². The molecular formula is C12H11F2NO2. The SMILES string of the molecule is COCCn1cc(C=O)c2c(F)ccc(F)c21. The number of fused-ring (bicyclic) bond motifs is 1. The summed E-state index contributed by atoms with van der Waals surface area (Å²) in [7, 11) is 1.52. The lowest BCUT2D eigenvalue weighted by molar-refractivity contribution is 0.112. The first kappa shape index (κ1) is 11.7. The number of ether oxygens (including phenoxy) is 1. The van der Waals surface area contributed by atoms with Gasteiger partial charge < -0.3 is 9.30 Å². The summed E-state index contributed by atoms with van der Waals surface area (Å²) in [5.74, 6) is -1.15. The molecule has 0 N–H and O–H groups in total. The second-order valence-corrected chi connectivity index (χ2v) is 3.64. The molecule has 0 amide bonds. The molecule has 0 aliphatic rings. The molecule has 5 heteroatoms. The molecule has 3 nitrogen and oxygen atoms in total. The van der Waals surface area contributed by atoms with Crippen molar-refractivity contribution in [3.05, 3.63) is 35.5 Å². The number of halogens is 2. The van der Waals surface area contributed by atoms with Crippen LogP contribution >= 0.6 is 0 Å². The van der Waals surface area contributed by atoms with Crippen LogP contribution in [0.2, 0.25) is 0 Å². The summed E-state index contributed by atoms with van der Waals surface area (Å²) in [4.78, 5) is 10.8. The van der Waals surface area contributed by atoms with Crippen molar-refractivity contribution in [2.24, 2.45) is 0 Å². The van der Waals surface area contributed by atoms with E-state index in [4.69, 9.17) is 4.74 Å². The molecule has 90 valence electrons. The van der Waals surface area contributed by atoms with Crippen LogP contribution in [0.1, 0.15) is 10.4 Å². The number of aldehydes is 1. The molecule has 0 aliphatic carbocycles. The van der Waals surface area contributed by atoms with Gasteiger partial charge in [0.05, 0.1) is 12.1 Å². The first-order valence-corrected chi connectivity index (χ1v) is 5.10. The van der Waals surface area contributed by atoms with Crippen molar-refractivity contribution in [1.29, 1.82) is 0 Å². The van der Waals surface area contributed by atoms with Crippen molar-refractivity contribution >= 4 is 17.2 Å². The number of aromatic nitrogens is 1. The highest BCUT2D eigenvalue weighted by molar-refractivity contribution is 5.98. The van der Waals surface area contributed by atoms with Crippen molar-refractivity contribution in [3.8, 4) is 0 Å². The van der Waals surface area contributed by atoms with Gasteiger partial charge >= 0.3 is 0 Å². The Morgan fingerprint density at radius 1 is 1.35 bits per heavy atom. The molecule has 17 heavy (non-hydrogen) atoms. The molecule has 1 aromatic heterocycles. The van der Waals surface area contributed by atoms with Crippen molar-refractivity contribution in [1.82, 2.24) is 4.57 Å². The Morgan fingerprint density at radius 2 is 2.06 bits per heavy atom. The van der Waals surface area contributed by atoms with E-state index < -0.39 is 11.6 Å². The molecule has 0 spiro atoms. The second kappa shape index (κ2) is 4.63. The summed E-state index contributed by atoms with van der Waals surface area (Å²) < 4.78 is 33.6. The zero-order valence-corrected chi connectivity index (χ0v) is 9.24. The maximum Gasteiger partial charge on any atom is 0.152 e. The second-order valence-electron chi connectivity index (χ2n) is 3.64. The minimum Gasteiger partial charge on any atom is -0.383 e. The smallest absolute Gasteiger partial charge is 0.152 e. The van der Waals surface area contributed by atoms with E-state index in [2.05, 4.69) is 0 Å². The lowest BCUT2D eigenvalue weighted by Gasteiger charge is -2.05. The summed E-state index contributed by atoms with van der Waals surface area (Å²) in [6.07, 6.45) is 1.96. The third-order valence-electron chi connectivity index (χ3n) is 2.61. The largest absolute Gasteiger partial charge is 0.383 e. The van der Waals surface area contributed by atoms with Gasteiger partial charge in [-0.15, -0.1) is 0 Å². The van der Waals surface area contributed by atoms with Gasteiger partial charge in [0.15, 0.2) is 6.29 Å². The van der Waals surface area contributed by atoms with Crippen LogP contribution in [-0.2, 0) is 11.3 Å². The molecule has 0 fully saturated rings. The molecule has 2 aromatic rings. The molecule has 0 saturated carbocycles. The van der Waals surface area contributed by atoms with Crippen LogP contribution in [0.5, 0.6) is 0 Å². The Kier molecular flexibility index (Phi) is 3.19. The minimum atomic E-state index is -0.598. The number of hydrogen-bond donors (Lipinski definition) is 0. The van der Waals surface area contributed by atoms with Gasteiger partial charge in [0, 0.05) is 30.8 Å². The molecular weight excluding hydrogens is 228 g/mol. The molecule has 2 rings (SSSR count). The van der Waals surface area contributed by atoms with Gasteiger partial charge in [-0.2, -0.15) is 0 Å². The summed E-state index contributed by atoms with van der Waals surface area (Å²) in [5.41, 5.74) is 0.247. The number of methoxy groups -OCH3 is 1. The van der Waals surface area contributed by atoms with E-state index >= 15 is 0 Å². The summed E-state index contributed by atoms with van der Waals surface area (Å²) >= 11 is 0. The minimum absolute atomic E-state index is 0.0242. The normalized spacial score (nSPS) is 11.0. The lowest BCUT2D eigenvalue weighted by Crippen LogP contribution is -2.03. The number of rotatable bonds is 4. The highest BCUT2D eigenvalue weighted by Crippen LogP contribution is 2.25. The van der Waals surface area contributed by atoms with Crippen LogP contribution in [0.4, 0.5) is 8.78 Å². The molecule has 0 atom stereocenters. The monoisotopic (exact) mass is 239 g/mol. The van der Waals surface area contributed by atoms with Crippen LogP contribution in [0.3, 0.4) is 0 Å². The average molecular weight is 239 g/mol. The number of carbonyl (C=O) groups is 1. The van der Waals surface area contributed by atoms with Crippen LogP contribution in [0, 0.1) is 11.6 Å². The fraction of sp³-hybridized carbons (Fsp3) is 0.250. The standard InChI is InChI=1S/C12H11F2NO2/c1-17-5-4-15-6-8(7-16)11-9(13)2-3-10(14)12(11)15/h2-3,6-7H,4-5H2,1H3. The van der Waals surface area contributed by atoms with Crippen LogP contribution in [0.25, 0.3) is 10.9 Å². The summed E-state index contributed by atoms with van der Waals surface area (Å²) in [6.45, 7) is 0.721. The van der Waals surface area contributed by atoms with E-state index in [0.29, 0.717) is 19.4 Å². The maximum absolute atomic E-state index is 13.7. The zero-order valence-electron chi connectivity index (χ0n) is 9.24. The third-order valence-corrected chi connectivity index (χ3v) is 2.61. The van der Waals surface area contributed by atoms with Crippen molar-refractivity contribution in [3.63, 3.8) is 0 Å². The quantitative estimate of drug-likeness (QED) is 0.767. The van der Waals surface area contributed by atoms with Gasteiger partial charge in [0.2, 0.25) is 0 Å². The van der Waals surface area contributed by atoms with Gasteiger partial charge in [-0.1, -0.05) is 0 Å². The van der Waals surface area contributed by atoms with Crippen molar-refractivity contribution < 1.29 is 18.3 Å². The molecule has 0 bridgehead atoms. The lowest BCUT2D eigenvalue weighted by atomic mass is 10.2. The van der Waals surface area contributed by atoms with Gasteiger partial charge in [-0.25, -0.2) is 8.78 Å². The fourth-order valence-electron chi connectivity index (χ4n) is 1.85. The van der Waals surface area contributed by atoms with Crippen molar-refractivity contribution in [2.45, 2.75) is 6.54 Å². The van der Waals surface area contributed by atoms with E-state index in [1.807, 2.05) is 0 Å². The number of hydrogen-bond acceptors (Lipinski definition) is 2. The molecule has 0 radical (unpaired) electrons. The average Bonchev–Trinajstić information content (AvgIpc) is 2.71. The van der Waals surface area contributed by atoms with E-state index in [-0.39, 0.29) is 16.5 Å². The Morgan fingerprint density at radius 3 is 2.71 bits per heavy atom. The predicted octanol–water partition coefficient (Wildman–Crippen LogP) is 2.38. The van der Waals surface area contributed by atoms with E-state index in [1.165, 1.54) is 17.9 Å². The number of nitrogens with zero attached hydrogens (tertiary/aromatic N) is 1. The topological polar surface area (TPSA) is 31.2 Å². The van der Waals surface area contributed by atoms with Crippen LogP contribution in [-0.4, -0.2) is 24.6 Å². The Bertz CT molecular complexity index is 563. The van der Waals surface area contributed by atoms with Gasteiger partial charge in [-0.3, -0.25) is 4.79 Å². The third kappa shape index (κ3) is 1.93. The van der Waals surface area contributed by atoms with E-state index in [0.717, 1.165) is 12.1 Å². The molecule has 1 aromatic carbocycles. The van der Waals surface area contributed by atoms with Gasteiger partial charge in [0.1, 0.15) is 11.6 Å². The van der Waals surface area contributed by atoms with Crippen LogP contribution in [0.15, 0.2) is 18.3 Å². The number of carbonyl (C=O) groups excluding carboxylic acids is 1. The number of benzene rings is 1. The Labute approximate surface area is 96.6 Å². The van der Waals surface area contributed by atoms with E-state index in [9.17, 15) is 13.6 Å². The Balaban J connectivity index is 2.68. The maximum atomic E-state index is 13.7. The van der Waals surface area contributed by atoms with Crippen molar-refractivity contribution in [2.75, 3.05) is 13.7 Å². The first-order chi connectivity index (χ1) is 8.19. The molecule has 0 aliphatic heterocycles. The molecule has 1 heterocycles. The molecule has 0 saturated heterocycles. The Hall–Kier alpha value is -1.75. The highest BCUT2D eigenvalue weighted by Gasteiger charge is 2.15. The highest BCUT2D eigenvalue weighted by atomic mass is 19.1. The van der Waals surface area contributed by atoms with Gasteiger partial charge in [-0.05, 0) is 12.1 Å². The summed E-state index contributed by atoms with van der Waals surface area (Å²) in [5, 5.41) is 0.0242. The van der Waals surface area contributed by atoms with Crippen LogP contribution < -0.4 is 0 Å².